The van der Waals surface area contributed by atoms with Crippen LogP contribution in [0.5, 0.6) is 0 Å². The van der Waals surface area contributed by atoms with E-state index in [2.05, 4.69) is 15.1 Å². The van der Waals surface area contributed by atoms with Gasteiger partial charge in [0.15, 0.2) is 5.78 Å². The van der Waals surface area contributed by atoms with Gasteiger partial charge in [-0.25, -0.2) is 4.98 Å². The molecule has 6 nitrogen and oxygen atoms in total. The molecule has 0 saturated heterocycles. The molecule has 0 saturated carbocycles. The van der Waals surface area contributed by atoms with Crippen molar-refractivity contribution >= 4 is 5.78 Å². The molecule has 6 heteroatoms. The molecule has 88 valence electrons. The molecule has 0 bridgehead atoms. The molecule has 0 amide bonds. The van der Waals surface area contributed by atoms with E-state index in [4.69, 9.17) is 5.73 Å². The summed E-state index contributed by atoms with van der Waals surface area (Å²) in [5.41, 5.74) is 6.78. The highest BCUT2D eigenvalue weighted by atomic mass is 16.1. The standard InChI is InChI=1S/C11H13N5O/c1-16-11(14-7-15-16)5-10(17)8-2-3-13-9(4-8)6-12/h2-4,7H,5-6,12H2,1H3. The van der Waals surface area contributed by atoms with Crippen LogP contribution in [0.25, 0.3) is 0 Å². The van der Waals surface area contributed by atoms with Crippen LogP contribution in [0, 0.1) is 0 Å². The molecule has 0 spiro atoms. The number of nitrogens with zero attached hydrogens (tertiary/aromatic N) is 4. The highest BCUT2D eigenvalue weighted by Gasteiger charge is 2.11. The first-order valence-corrected chi connectivity index (χ1v) is 5.22. The Balaban J connectivity index is 2.17. The molecule has 0 aliphatic rings. The Morgan fingerprint density at radius 2 is 2.29 bits per heavy atom. The zero-order chi connectivity index (χ0) is 12.3. The smallest absolute Gasteiger partial charge is 0.170 e. The molecule has 2 aromatic heterocycles. The number of Topliss-reactive ketones (excluding diaryl/α,β-unsaturated/α-hetero) is 1. The van der Waals surface area contributed by atoms with Gasteiger partial charge >= 0.3 is 0 Å². The van der Waals surface area contributed by atoms with Gasteiger partial charge in [-0.2, -0.15) is 5.10 Å². The Bertz CT molecular complexity index is 534. The van der Waals surface area contributed by atoms with Gasteiger partial charge in [-0.1, -0.05) is 0 Å². The summed E-state index contributed by atoms with van der Waals surface area (Å²) in [5, 5.41) is 3.92. The van der Waals surface area contributed by atoms with Crippen molar-refractivity contribution in [3.8, 4) is 0 Å². The minimum absolute atomic E-state index is 0.0156. The topological polar surface area (TPSA) is 86.7 Å². The van der Waals surface area contributed by atoms with Crippen molar-refractivity contribution in [2.45, 2.75) is 13.0 Å². The lowest BCUT2D eigenvalue weighted by Gasteiger charge is -2.02. The van der Waals surface area contributed by atoms with E-state index in [0.717, 1.165) is 0 Å². The number of aromatic nitrogens is 4. The highest BCUT2D eigenvalue weighted by Crippen LogP contribution is 2.06. The second-order valence-electron chi connectivity index (χ2n) is 3.64. The first-order valence-electron chi connectivity index (χ1n) is 5.22. The van der Waals surface area contributed by atoms with Crippen LogP contribution < -0.4 is 5.73 Å². The number of hydrogen-bond donors (Lipinski definition) is 1. The molecule has 0 fully saturated rings. The zero-order valence-electron chi connectivity index (χ0n) is 9.50. The van der Waals surface area contributed by atoms with Gasteiger partial charge in [-0.05, 0) is 12.1 Å². The summed E-state index contributed by atoms with van der Waals surface area (Å²) in [6.45, 7) is 0.324. The van der Waals surface area contributed by atoms with Crippen molar-refractivity contribution in [3.63, 3.8) is 0 Å². The molecule has 17 heavy (non-hydrogen) atoms. The maximum atomic E-state index is 12.0. The maximum Gasteiger partial charge on any atom is 0.170 e. The molecule has 2 heterocycles. The summed E-state index contributed by atoms with van der Waals surface area (Å²) in [6, 6.07) is 3.39. The summed E-state index contributed by atoms with van der Waals surface area (Å²) in [6.07, 6.45) is 3.25. The Kier molecular flexibility index (Phi) is 3.24. The molecule has 0 radical (unpaired) electrons. The SMILES string of the molecule is Cn1ncnc1CC(=O)c1ccnc(CN)c1. The molecule has 0 unspecified atom stereocenters. The Morgan fingerprint density at radius 3 is 2.94 bits per heavy atom. The van der Waals surface area contributed by atoms with E-state index in [1.165, 1.54) is 6.33 Å². The van der Waals surface area contributed by atoms with Gasteiger partial charge in [0, 0.05) is 25.4 Å². The molecule has 0 aliphatic heterocycles. The third-order valence-electron chi connectivity index (χ3n) is 2.47. The second-order valence-corrected chi connectivity index (χ2v) is 3.64. The predicted octanol–water partition coefficient (Wildman–Crippen LogP) is 0.0942. The molecular formula is C11H13N5O. The summed E-state index contributed by atoms with van der Waals surface area (Å²) in [7, 11) is 1.76. The van der Waals surface area contributed by atoms with E-state index in [9.17, 15) is 4.79 Å². The van der Waals surface area contributed by atoms with E-state index < -0.39 is 0 Å². The van der Waals surface area contributed by atoms with E-state index >= 15 is 0 Å². The zero-order valence-corrected chi connectivity index (χ0v) is 9.50. The maximum absolute atomic E-state index is 12.0. The average molecular weight is 231 g/mol. The van der Waals surface area contributed by atoms with Crippen molar-refractivity contribution in [1.29, 1.82) is 0 Å². The van der Waals surface area contributed by atoms with Crippen molar-refractivity contribution in [1.82, 2.24) is 19.7 Å². The fourth-order valence-electron chi connectivity index (χ4n) is 1.49. The number of carbonyl (C=O) groups excluding carboxylic acids is 1. The van der Waals surface area contributed by atoms with Crippen molar-refractivity contribution in [2.24, 2.45) is 12.8 Å². The molecule has 0 aromatic carbocycles. The predicted molar refractivity (Wildman–Crippen MR) is 61.2 cm³/mol. The minimum atomic E-state index is -0.0156. The van der Waals surface area contributed by atoms with Crippen LogP contribution in [0.3, 0.4) is 0 Å². The molecule has 0 aliphatic carbocycles. The molecular weight excluding hydrogens is 218 g/mol. The van der Waals surface area contributed by atoms with Crippen LogP contribution in [0.1, 0.15) is 21.9 Å². The van der Waals surface area contributed by atoms with Crippen LogP contribution in [0.15, 0.2) is 24.7 Å². The number of carbonyl (C=O) groups is 1. The monoisotopic (exact) mass is 231 g/mol. The number of aryl methyl sites for hydroxylation is 1. The Hall–Kier alpha value is -2.08. The first-order chi connectivity index (χ1) is 8.20. The van der Waals surface area contributed by atoms with E-state index in [0.29, 0.717) is 23.6 Å². The van der Waals surface area contributed by atoms with Crippen LogP contribution in [0.2, 0.25) is 0 Å². The quantitative estimate of drug-likeness (QED) is 0.754. The summed E-state index contributed by atoms with van der Waals surface area (Å²) < 4.78 is 1.59. The molecule has 0 atom stereocenters. The van der Waals surface area contributed by atoms with Crippen LogP contribution in [-0.4, -0.2) is 25.5 Å². The summed E-state index contributed by atoms with van der Waals surface area (Å²) in [5.74, 6) is 0.624. The highest BCUT2D eigenvalue weighted by molar-refractivity contribution is 5.97. The average Bonchev–Trinajstić information content (AvgIpc) is 2.75. The number of pyridine rings is 1. The van der Waals surface area contributed by atoms with Gasteiger partial charge in [0.1, 0.15) is 12.2 Å². The van der Waals surface area contributed by atoms with Gasteiger partial charge in [-0.3, -0.25) is 14.5 Å². The minimum Gasteiger partial charge on any atom is -0.325 e. The lowest BCUT2D eigenvalue weighted by molar-refractivity contribution is 0.0989. The third-order valence-corrected chi connectivity index (χ3v) is 2.47. The number of rotatable bonds is 4. The third kappa shape index (κ3) is 2.54. The number of nitrogens with two attached hydrogens (primary N) is 1. The fraction of sp³-hybridized carbons (Fsp3) is 0.273. The normalized spacial score (nSPS) is 10.5. The van der Waals surface area contributed by atoms with E-state index in [1.54, 1.807) is 30.1 Å². The Labute approximate surface area is 98.5 Å². The van der Waals surface area contributed by atoms with Crippen LogP contribution in [0.4, 0.5) is 0 Å². The van der Waals surface area contributed by atoms with Crippen molar-refractivity contribution < 1.29 is 4.79 Å². The van der Waals surface area contributed by atoms with Crippen molar-refractivity contribution in [2.75, 3.05) is 0 Å². The Morgan fingerprint density at radius 1 is 1.47 bits per heavy atom. The van der Waals surface area contributed by atoms with Gasteiger partial charge in [-0.15, -0.1) is 0 Å². The molecule has 2 N–H and O–H groups in total. The first kappa shape index (κ1) is 11.4. The van der Waals surface area contributed by atoms with E-state index in [1.807, 2.05) is 0 Å². The van der Waals surface area contributed by atoms with Crippen molar-refractivity contribution in [3.05, 3.63) is 41.7 Å². The van der Waals surface area contributed by atoms with Gasteiger partial charge in [0.25, 0.3) is 0 Å². The molecule has 2 aromatic rings. The summed E-state index contributed by atoms with van der Waals surface area (Å²) in [4.78, 5) is 20.0. The van der Waals surface area contributed by atoms with E-state index in [-0.39, 0.29) is 12.2 Å². The largest absolute Gasteiger partial charge is 0.325 e. The van der Waals surface area contributed by atoms with Crippen LogP contribution >= 0.6 is 0 Å². The van der Waals surface area contributed by atoms with Gasteiger partial charge in [0.2, 0.25) is 0 Å². The lowest BCUT2D eigenvalue weighted by Crippen LogP contribution is -2.10. The number of hydrogen-bond acceptors (Lipinski definition) is 5. The second kappa shape index (κ2) is 4.84. The van der Waals surface area contributed by atoms with Crippen LogP contribution in [-0.2, 0) is 20.0 Å². The lowest BCUT2D eigenvalue weighted by atomic mass is 10.1. The van der Waals surface area contributed by atoms with Gasteiger partial charge in [0.05, 0.1) is 12.1 Å². The number of ketones is 1. The fourth-order valence-corrected chi connectivity index (χ4v) is 1.49. The molecule has 2 rings (SSSR count). The summed E-state index contributed by atoms with van der Waals surface area (Å²) >= 11 is 0. The van der Waals surface area contributed by atoms with Gasteiger partial charge < -0.3 is 5.73 Å².